The predicted molar refractivity (Wildman–Crippen MR) is 107 cm³/mol. The van der Waals surface area contributed by atoms with Crippen LogP contribution in [-0.4, -0.2) is 38.8 Å². The second-order valence-corrected chi connectivity index (χ2v) is 8.81. The highest BCUT2D eigenvalue weighted by Gasteiger charge is 2.31. The molecule has 0 aromatic heterocycles. The second kappa shape index (κ2) is 9.23. The van der Waals surface area contributed by atoms with Crippen LogP contribution in [0.1, 0.15) is 18.1 Å². The number of benzene rings is 2. The van der Waals surface area contributed by atoms with Gasteiger partial charge in [0.15, 0.2) is 0 Å². The van der Waals surface area contributed by atoms with Crippen molar-refractivity contribution in [1.82, 2.24) is 4.31 Å². The predicted octanol–water partition coefficient (Wildman–Crippen LogP) is 4.33. The minimum absolute atomic E-state index is 0.0455. The first-order valence-electron chi connectivity index (χ1n) is 8.72. The fourth-order valence-electron chi connectivity index (χ4n) is 2.55. The lowest BCUT2D eigenvalue weighted by atomic mass is 10.2. The first-order valence-corrected chi connectivity index (χ1v) is 10.5. The normalized spacial score (nSPS) is 12.1. The van der Waals surface area contributed by atoms with E-state index in [2.05, 4.69) is 5.32 Å². The van der Waals surface area contributed by atoms with Gasteiger partial charge >= 0.3 is 6.18 Å². The van der Waals surface area contributed by atoms with Gasteiger partial charge in [-0.15, -0.1) is 0 Å². The van der Waals surface area contributed by atoms with Crippen molar-refractivity contribution in [3.8, 4) is 5.75 Å². The van der Waals surface area contributed by atoms with E-state index < -0.39 is 34.2 Å². The zero-order valence-corrected chi connectivity index (χ0v) is 18.0. The molecule has 164 valence electrons. The molecule has 0 spiro atoms. The molecule has 0 fully saturated rings. The van der Waals surface area contributed by atoms with Crippen molar-refractivity contribution in [2.75, 3.05) is 25.5 Å². The van der Waals surface area contributed by atoms with Crippen LogP contribution < -0.4 is 10.1 Å². The van der Waals surface area contributed by atoms with Gasteiger partial charge < -0.3 is 10.1 Å². The Hall–Kier alpha value is -2.30. The van der Waals surface area contributed by atoms with E-state index in [1.54, 1.807) is 13.8 Å². The summed E-state index contributed by atoms with van der Waals surface area (Å²) in [4.78, 5) is 12.2. The summed E-state index contributed by atoms with van der Waals surface area (Å²) in [5, 5.41) is 2.11. The molecule has 1 amide bonds. The maximum absolute atomic E-state index is 12.8. The standard InChI is InChI=1S/C19H20ClF3N2O4S/c1-4-29-17-8-6-14(9-12(17)2)30(27,28)25(3)11-18(26)24-16-10-13(19(21,22)23)5-7-15(16)20/h5-10H,4,11H2,1-3H3,(H,24,26). The van der Waals surface area contributed by atoms with Gasteiger partial charge in [-0.2, -0.15) is 17.5 Å². The summed E-state index contributed by atoms with van der Waals surface area (Å²) in [5.74, 6) is -0.305. The summed E-state index contributed by atoms with van der Waals surface area (Å²) in [6.07, 6.45) is -4.62. The van der Waals surface area contributed by atoms with E-state index in [4.69, 9.17) is 16.3 Å². The van der Waals surface area contributed by atoms with Crippen LogP contribution in [0.3, 0.4) is 0 Å². The monoisotopic (exact) mass is 464 g/mol. The Morgan fingerprint density at radius 3 is 2.43 bits per heavy atom. The molecular weight excluding hydrogens is 445 g/mol. The molecule has 11 heteroatoms. The number of likely N-dealkylation sites (N-methyl/N-ethyl adjacent to an activating group) is 1. The van der Waals surface area contributed by atoms with E-state index in [-0.39, 0.29) is 15.6 Å². The molecule has 2 rings (SSSR count). The molecule has 30 heavy (non-hydrogen) atoms. The number of hydrogen-bond acceptors (Lipinski definition) is 4. The molecule has 2 aromatic carbocycles. The van der Waals surface area contributed by atoms with Crippen molar-refractivity contribution in [3.63, 3.8) is 0 Å². The van der Waals surface area contributed by atoms with Crippen LogP contribution in [0.25, 0.3) is 0 Å². The lowest BCUT2D eigenvalue weighted by molar-refractivity contribution is -0.137. The Labute approximate surface area is 177 Å². The third-order valence-corrected chi connectivity index (χ3v) is 6.22. The molecule has 0 aliphatic rings. The third kappa shape index (κ3) is 5.65. The zero-order valence-electron chi connectivity index (χ0n) is 16.4. The minimum atomic E-state index is -4.62. The fraction of sp³-hybridized carbons (Fsp3) is 0.316. The first kappa shape index (κ1) is 24.0. The molecule has 0 atom stereocenters. The molecule has 0 saturated heterocycles. The van der Waals surface area contributed by atoms with E-state index in [1.165, 1.54) is 25.2 Å². The summed E-state index contributed by atoms with van der Waals surface area (Å²) in [6, 6.07) is 6.75. The maximum atomic E-state index is 12.8. The maximum Gasteiger partial charge on any atom is 0.416 e. The highest BCUT2D eigenvalue weighted by molar-refractivity contribution is 7.89. The summed E-state index contributed by atoms with van der Waals surface area (Å²) < 4.78 is 70.2. The number of rotatable bonds is 7. The van der Waals surface area contributed by atoms with E-state index in [1.807, 2.05) is 0 Å². The summed E-state index contributed by atoms with van der Waals surface area (Å²) >= 11 is 5.84. The Balaban J connectivity index is 2.16. The Bertz CT molecular complexity index is 1040. The number of nitrogens with one attached hydrogen (secondary N) is 1. The molecule has 0 bridgehead atoms. The average Bonchev–Trinajstić information content (AvgIpc) is 2.64. The molecule has 0 saturated carbocycles. The van der Waals surface area contributed by atoms with Crippen molar-refractivity contribution < 1.29 is 31.1 Å². The molecule has 0 unspecified atom stereocenters. The van der Waals surface area contributed by atoms with E-state index in [0.717, 1.165) is 16.4 Å². The van der Waals surface area contributed by atoms with Crippen molar-refractivity contribution in [1.29, 1.82) is 0 Å². The average molecular weight is 465 g/mol. The number of sulfonamides is 1. The number of amides is 1. The van der Waals surface area contributed by atoms with Crippen molar-refractivity contribution >= 4 is 33.2 Å². The molecule has 1 N–H and O–H groups in total. The molecule has 0 aliphatic carbocycles. The summed E-state index contributed by atoms with van der Waals surface area (Å²) in [6.45, 7) is 3.28. The number of halogens is 4. The van der Waals surface area contributed by atoms with E-state index in [9.17, 15) is 26.4 Å². The van der Waals surface area contributed by atoms with Crippen molar-refractivity contribution in [2.24, 2.45) is 0 Å². The second-order valence-electron chi connectivity index (χ2n) is 6.36. The lowest BCUT2D eigenvalue weighted by Crippen LogP contribution is -2.35. The third-order valence-electron chi connectivity index (χ3n) is 4.09. The van der Waals surface area contributed by atoms with Gasteiger partial charge in [0.05, 0.1) is 34.3 Å². The summed E-state index contributed by atoms with van der Waals surface area (Å²) in [5.41, 5.74) is -0.654. The quantitative estimate of drug-likeness (QED) is 0.662. The van der Waals surface area contributed by atoms with Crippen LogP contribution in [0.15, 0.2) is 41.3 Å². The number of carbonyl (C=O) groups is 1. The Kier molecular flexibility index (Phi) is 7.38. The number of alkyl halides is 3. The molecular formula is C19H20ClF3N2O4S. The number of nitrogens with zero attached hydrogens (tertiary/aromatic N) is 1. The molecule has 6 nitrogen and oxygen atoms in total. The fourth-order valence-corrected chi connectivity index (χ4v) is 3.93. The van der Waals surface area contributed by atoms with Crippen LogP contribution in [0.2, 0.25) is 5.02 Å². The number of hydrogen-bond donors (Lipinski definition) is 1. The van der Waals surface area contributed by atoms with Crippen molar-refractivity contribution in [2.45, 2.75) is 24.9 Å². The van der Waals surface area contributed by atoms with Gasteiger partial charge in [0.2, 0.25) is 15.9 Å². The van der Waals surface area contributed by atoms with Gasteiger partial charge in [-0.25, -0.2) is 8.42 Å². The Morgan fingerprint density at radius 1 is 1.20 bits per heavy atom. The highest BCUT2D eigenvalue weighted by Crippen LogP contribution is 2.33. The molecule has 2 aromatic rings. The zero-order chi connectivity index (χ0) is 22.7. The van der Waals surface area contributed by atoms with Gasteiger partial charge in [0, 0.05) is 7.05 Å². The van der Waals surface area contributed by atoms with Gasteiger partial charge in [-0.05, 0) is 55.8 Å². The largest absolute Gasteiger partial charge is 0.494 e. The number of anilines is 1. The van der Waals surface area contributed by atoms with Crippen LogP contribution in [-0.2, 0) is 21.0 Å². The summed E-state index contributed by atoms with van der Waals surface area (Å²) in [7, 11) is -2.83. The van der Waals surface area contributed by atoms with Gasteiger partial charge in [0.25, 0.3) is 0 Å². The van der Waals surface area contributed by atoms with Crippen molar-refractivity contribution in [3.05, 3.63) is 52.5 Å². The van der Waals surface area contributed by atoms with E-state index >= 15 is 0 Å². The lowest BCUT2D eigenvalue weighted by Gasteiger charge is -2.18. The molecule has 0 heterocycles. The SMILES string of the molecule is CCOc1ccc(S(=O)(=O)N(C)CC(=O)Nc2cc(C(F)(F)F)ccc2Cl)cc1C. The van der Waals surface area contributed by atoms with Gasteiger partial charge in [-0.3, -0.25) is 4.79 Å². The van der Waals surface area contributed by atoms with Gasteiger partial charge in [0.1, 0.15) is 5.75 Å². The smallest absolute Gasteiger partial charge is 0.416 e. The Morgan fingerprint density at radius 2 is 1.87 bits per heavy atom. The molecule has 0 aliphatic heterocycles. The van der Waals surface area contributed by atoms with Crippen LogP contribution in [0, 0.1) is 6.92 Å². The number of carbonyl (C=O) groups excluding carboxylic acids is 1. The highest BCUT2D eigenvalue weighted by atomic mass is 35.5. The van der Waals surface area contributed by atoms with Gasteiger partial charge in [-0.1, -0.05) is 11.6 Å². The molecule has 0 radical (unpaired) electrons. The minimum Gasteiger partial charge on any atom is -0.494 e. The number of aryl methyl sites for hydroxylation is 1. The van der Waals surface area contributed by atoms with Crippen LogP contribution >= 0.6 is 11.6 Å². The van der Waals surface area contributed by atoms with Crippen LogP contribution in [0.5, 0.6) is 5.75 Å². The first-order chi connectivity index (χ1) is 13.9. The number of ether oxygens (including phenoxy) is 1. The topological polar surface area (TPSA) is 75.7 Å². The van der Waals surface area contributed by atoms with Crippen LogP contribution in [0.4, 0.5) is 18.9 Å². The van der Waals surface area contributed by atoms with E-state index in [0.29, 0.717) is 24.0 Å².